The van der Waals surface area contributed by atoms with Crippen LogP contribution in [0.1, 0.15) is 47.6 Å². The lowest BCUT2D eigenvalue weighted by molar-refractivity contribution is -0.136. The van der Waals surface area contributed by atoms with Gasteiger partial charge in [-0.25, -0.2) is 4.39 Å². The molecule has 0 aliphatic carbocycles. The molecule has 4 rings (SSSR count). The largest absolute Gasteiger partial charge is 0.491 e. The van der Waals surface area contributed by atoms with Crippen LogP contribution in [-0.2, 0) is 11.2 Å². The molecule has 1 aromatic heterocycles. The third-order valence-electron chi connectivity index (χ3n) is 6.07. The van der Waals surface area contributed by atoms with Crippen LogP contribution in [0.2, 0.25) is 5.02 Å². The van der Waals surface area contributed by atoms with Gasteiger partial charge in [0.2, 0.25) is 5.91 Å². The molecule has 0 fully saturated rings. The van der Waals surface area contributed by atoms with Crippen molar-refractivity contribution in [2.24, 2.45) is 0 Å². The van der Waals surface area contributed by atoms with Crippen LogP contribution in [0.25, 0.3) is 0 Å². The Morgan fingerprint density at radius 1 is 1.17 bits per heavy atom. The molecule has 1 aliphatic rings. The van der Waals surface area contributed by atoms with Crippen LogP contribution in [0.5, 0.6) is 5.75 Å². The molecule has 0 unspecified atom stereocenters. The van der Waals surface area contributed by atoms with Gasteiger partial charge in [0, 0.05) is 23.0 Å². The first-order valence-electron chi connectivity index (χ1n) is 11.5. The molecular formula is C27H28ClFN2O3S. The number of nitrogens with zero attached hydrogens (tertiary/aromatic N) is 2. The number of hydrogen-bond acceptors (Lipinski definition) is 4. The average Bonchev–Trinajstić information content (AvgIpc) is 3.29. The fourth-order valence-corrected chi connectivity index (χ4v) is 5.37. The van der Waals surface area contributed by atoms with E-state index < -0.39 is 5.54 Å². The third-order valence-corrected chi connectivity index (χ3v) is 7.40. The van der Waals surface area contributed by atoms with Crippen molar-refractivity contribution < 1.29 is 18.7 Å². The van der Waals surface area contributed by atoms with Gasteiger partial charge >= 0.3 is 0 Å². The van der Waals surface area contributed by atoms with E-state index in [2.05, 4.69) is 0 Å². The molecule has 1 aliphatic heterocycles. The van der Waals surface area contributed by atoms with Crippen LogP contribution in [-0.4, -0.2) is 46.8 Å². The van der Waals surface area contributed by atoms with E-state index in [4.69, 9.17) is 16.3 Å². The standard InChI is InChI=1S/C27H28ClFN2O3S/c1-27(2,3)31(26(33)20-9-4-5-10-22(20)28)16-25(32)30-13-11-24-21(12-14-35-24)23(30)17-34-19-8-6-7-18(29)15-19/h4-10,12,14-15,23H,11,13,16-17H2,1-3H3/t23-/m1/s1. The van der Waals surface area contributed by atoms with Crippen LogP contribution in [0, 0.1) is 5.82 Å². The predicted molar refractivity (Wildman–Crippen MR) is 137 cm³/mol. The van der Waals surface area contributed by atoms with Gasteiger partial charge in [0.1, 0.15) is 24.7 Å². The monoisotopic (exact) mass is 514 g/mol. The molecule has 5 nitrogen and oxygen atoms in total. The van der Waals surface area contributed by atoms with E-state index in [1.807, 2.05) is 32.2 Å². The summed E-state index contributed by atoms with van der Waals surface area (Å²) in [5.74, 6) is -0.443. The van der Waals surface area contributed by atoms with Crippen LogP contribution < -0.4 is 4.74 Å². The molecule has 0 N–H and O–H groups in total. The fraction of sp³-hybridized carbons (Fsp3) is 0.333. The minimum atomic E-state index is -0.608. The zero-order chi connectivity index (χ0) is 25.2. The molecule has 184 valence electrons. The number of hydrogen-bond donors (Lipinski definition) is 0. The summed E-state index contributed by atoms with van der Waals surface area (Å²) in [5, 5.41) is 2.36. The Morgan fingerprint density at radius 3 is 2.66 bits per heavy atom. The van der Waals surface area contributed by atoms with E-state index in [0.29, 0.717) is 22.9 Å². The molecule has 2 aromatic carbocycles. The first-order chi connectivity index (χ1) is 16.6. The maximum absolute atomic E-state index is 13.7. The van der Waals surface area contributed by atoms with E-state index in [1.54, 1.807) is 57.5 Å². The summed E-state index contributed by atoms with van der Waals surface area (Å²) in [4.78, 5) is 31.6. The number of halogens is 2. The number of rotatable bonds is 6. The summed E-state index contributed by atoms with van der Waals surface area (Å²) >= 11 is 7.95. The van der Waals surface area contributed by atoms with Gasteiger partial charge in [0.15, 0.2) is 0 Å². The molecule has 2 amide bonds. The summed E-state index contributed by atoms with van der Waals surface area (Å²) in [6, 6.07) is 14.5. The number of thiophene rings is 1. The molecule has 0 spiro atoms. The number of ether oxygens (including phenoxy) is 1. The number of amides is 2. The van der Waals surface area contributed by atoms with Crippen molar-refractivity contribution in [1.82, 2.24) is 9.80 Å². The van der Waals surface area contributed by atoms with E-state index >= 15 is 0 Å². The highest BCUT2D eigenvalue weighted by Gasteiger charge is 2.36. The second-order valence-electron chi connectivity index (χ2n) is 9.46. The highest BCUT2D eigenvalue weighted by Crippen LogP contribution is 2.34. The maximum Gasteiger partial charge on any atom is 0.256 e. The fourth-order valence-electron chi connectivity index (χ4n) is 4.23. The minimum Gasteiger partial charge on any atom is -0.491 e. The Morgan fingerprint density at radius 2 is 1.94 bits per heavy atom. The molecule has 1 atom stereocenters. The van der Waals surface area contributed by atoms with Gasteiger partial charge in [-0.1, -0.05) is 29.8 Å². The van der Waals surface area contributed by atoms with Crippen molar-refractivity contribution in [3.05, 3.63) is 86.8 Å². The lowest BCUT2D eigenvalue weighted by Crippen LogP contribution is -2.53. The van der Waals surface area contributed by atoms with Crippen LogP contribution in [0.3, 0.4) is 0 Å². The van der Waals surface area contributed by atoms with E-state index in [0.717, 1.165) is 12.0 Å². The molecular weight excluding hydrogens is 487 g/mol. The lowest BCUT2D eigenvalue weighted by atomic mass is 9.99. The Hall–Kier alpha value is -2.90. The first-order valence-corrected chi connectivity index (χ1v) is 12.7. The van der Waals surface area contributed by atoms with Gasteiger partial charge in [0.05, 0.1) is 16.6 Å². The van der Waals surface area contributed by atoms with E-state index in [1.165, 1.54) is 17.0 Å². The molecule has 0 radical (unpaired) electrons. The number of benzene rings is 2. The average molecular weight is 515 g/mol. The second kappa shape index (κ2) is 10.4. The van der Waals surface area contributed by atoms with Crippen molar-refractivity contribution in [2.45, 2.75) is 38.8 Å². The molecule has 0 saturated heterocycles. The summed E-state index contributed by atoms with van der Waals surface area (Å²) in [6.07, 6.45) is 0.739. The third kappa shape index (κ3) is 5.68. The molecule has 8 heteroatoms. The van der Waals surface area contributed by atoms with Crippen molar-refractivity contribution in [2.75, 3.05) is 19.7 Å². The number of carbonyl (C=O) groups is 2. The van der Waals surface area contributed by atoms with Gasteiger partial charge in [-0.05, 0) is 68.5 Å². The zero-order valence-electron chi connectivity index (χ0n) is 20.0. The Balaban J connectivity index is 1.57. The van der Waals surface area contributed by atoms with Crippen molar-refractivity contribution in [1.29, 1.82) is 0 Å². The Bertz CT molecular complexity index is 1220. The van der Waals surface area contributed by atoms with Crippen molar-refractivity contribution in [3.8, 4) is 5.75 Å². The van der Waals surface area contributed by atoms with Crippen LogP contribution in [0.4, 0.5) is 4.39 Å². The van der Waals surface area contributed by atoms with Crippen LogP contribution in [0.15, 0.2) is 60.0 Å². The number of fused-ring (bicyclic) bond motifs is 1. The minimum absolute atomic E-state index is 0.0938. The van der Waals surface area contributed by atoms with E-state index in [9.17, 15) is 14.0 Å². The Kier molecular flexibility index (Phi) is 7.47. The smallest absolute Gasteiger partial charge is 0.256 e. The molecule has 35 heavy (non-hydrogen) atoms. The summed E-state index contributed by atoms with van der Waals surface area (Å²) < 4.78 is 19.5. The molecule has 0 saturated carbocycles. The van der Waals surface area contributed by atoms with Gasteiger partial charge in [-0.15, -0.1) is 11.3 Å². The normalized spacial score (nSPS) is 15.5. The maximum atomic E-state index is 13.7. The topological polar surface area (TPSA) is 49.9 Å². The zero-order valence-corrected chi connectivity index (χ0v) is 21.5. The van der Waals surface area contributed by atoms with Gasteiger partial charge in [-0.2, -0.15) is 0 Å². The summed E-state index contributed by atoms with van der Waals surface area (Å²) in [7, 11) is 0. The second-order valence-corrected chi connectivity index (χ2v) is 10.9. The highest BCUT2D eigenvalue weighted by atomic mass is 35.5. The molecule has 2 heterocycles. The van der Waals surface area contributed by atoms with Gasteiger partial charge < -0.3 is 14.5 Å². The van der Waals surface area contributed by atoms with Crippen molar-refractivity contribution in [3.63, 3.8) is 0 Å². The summed E-state index contributed by atoms with van der Waals surface area (Å²) in [5.41, 5.74) is 0.787. The van der Waals surface area contributed by atoms with Crippen molar-refractivity contribution >= 4 is 34.8 Å². The lowest BCUT2D eigenvalue weighted by Gasteiger charge is -2.40. The quantitative estimate of drug-likeness (QED) is 0.406. The number of carbonyl (C=O) groups excluding carboxylic acids is 2. The SMILES string of the molecule is CC(C)(C)N(CC(=O)N1CCc2sccc2[C@H]1COc1cccc(F)c1)C(=O)c1ccccc1Cl. The first kappa shape index (κ1) is 25.2. The van der Waals surface area contributed by atoms with E-state index in [-0.39, 0.29) is 36.8 Å². The summed E-state index contributed by atoms with van der Waals surface area (Å²) in [6.45, 7) is 6.30. The van der Waals surface area contributed by atoms with Crippen LogP contribution >= 0.6 is 22.9 Å². The molecule has 0 bridgehead atoms. The molecule has 3 aromatic rings. The van der Waals surface area contributed by atoms with Gasteiger partial charge in [0.25, 0.3) is 5.91 Å². The highest BCUT2D eigenvalue weighted by molar-refractivity contribution is 7.10. The predicted octanol–water partition coefficient (Wildman–Crippen LogP) is 5.99. The Labute approximate surface area is 214 Å². The van der Waals surface area contributed by atoms with Gasteiger partial charge in [-0.3, -0.25) is 9.59 Å².